The standard InChI is InChI=1S/C12H26O.C4H6O4/c1-4-6-8-9-11-12(3,13)10-7-5-2;5-3(6)1-2-4(7)8/h13H,4-11H2,1-3H3;1-2H2,(H,5,6)(H,7,8). The molecule has 1 atom stereocenters. The van der Waals surface area contributed by atoms with Crippen LogP contribution in [0.3, 0.4) is 0 Å². The Bertz CT molecular complexity index is 260. The molecule has 0 amide bonds. The molecule has 5 nitrogen and oxygen atoms in total. The molecule has 5 heteroatoms. The van der Waals surface area contributed by atoms with E-state index in [-0.39, 0.29) is 12.8 Å². The minimum absolute atomic E-state index is 0.296. The number of aliphatic carboxylic acids is 2. The first-order chi connectivity index (χ1) is 9.75. The van der Waals surface area contributed by atoms with Crippen LogP contribution >= 0.6 is 0 Å². The molecule has 0 spiro atoms. The number of carbonyl (C=O) groups is 2. The average Bonchev–Trinajstić information content (AvgIpc) is 2.40. The second-order valence-electron chi connectivity index (χ2n) is 5.70. The smallest absolute Gasteiger partial charge is 0.303 e. The predicted molar refractivity (Wildman–Crippen MR) is 83.4 cm³/mol. The van der Waals surface area contributed by atoms with Crippen LogP contribution in [0.4, 0.5) is 0 Å². The van der Waals surface area contributed by atoms with Crippen molar-refractivity contribution in [2.75, 3.05) is 0 Å². The maximum Gasteiger partial charge on any atom is 0.303 e. The Kier molecular flexibility index (Phi) is 14.6. The number of carboxylic acid groups (broad SMARTS) is 2. The van der Waals surface area contributed by atoms with Crippen LogP contribution in [0, 0.1) is 0 Å². The second-order valence-corrected chi connectivity index (χ2v) is 5.70. The van der Waals surface area contributed by atoms with Crippen LogP contribution in [0.1, 0.15) is 85.0 Å². The van der Waals surface area contributed by atoms with Crippen molar-refractivity contribution in [2.45, 2.75) is 90.6 Å². The molecular formula is C16H32O5. The van der Waals surface area contributed by atoms with E-state index in [0.717, 1.165) is 19.3 Å². The van der Waals surface area contributed by atoms with Crippen LogP contribution in [0.5, 0.6) is 0 Å². The summed E-state index contributed by atoms with van der Waals surface area (Å²) in [6.45, 7) is 6.37. The Balaban J connectivity index is 0. The molecule has 0 aromatic heterocycles. The molecule has 0 saturated heterocycles. The first-order valence-electron chi connectivity index (χ1n) is 7.91. The van der Waals surface area contributed by atoms with Gasteiger partial charge in [-0.05, 0) is 19.8 Å². The SMILES string of the molecule is CCCCCCC(C)(O)CCCC.O=C(O)CCC(=O)O. The highest BCUT2D eigenvalue weighted by molar-refractivity contribution is 5.75. The Labute approximate surface area is 128 Å². The summed E-state index contributed by atoms with van der Waals surface area (Å²) in [6.07, 6.45) is 8.74. The molecule has 0 aromatic carbocycles. The summed E-state index contributed by atoms with van der Waals surface area (Å²) in [7, 11) is 0. The lowest BCUT2D eigenvalue weighted by molar-refractivity contribution is -0.143. The van der Waals surface area contributed by atoms with Crippen LogP contribution in [-0.4, -0.2) is 32.9 Å². The molecule has 126 valence electrons. The molecule has 0 saturated carbocycles. The molecule has 0 aliphatic rings. The second kappa shape index (κ2) is 13.9. The van der Waals surface area contributed by atoms with Gasteiger partial charge in [-0.2, -0.15) is 0 Å². The highest BCUT2D eigenvalue weighted by Crippen LogP contribution is 2.21. The third-order valence-electron chi connectivity index (χ3n) is 3.19. The van der Waals surface area contributed by atoms with Crippen molar-refractivity contribution in [3.05, 3.63) is 0 Å². The summed E-state index contributed by atoms with van der Waals surface area (Å²) >= 11 is 0. The monoisotopic (exact) mass is 304 g/mol. The average molecular weight is 304 g/mol. The van der Waals surface area contributed by atoms with Gasteiger partial charge in [0.05, 0.1) is 18.4 Å². The van der Waals surface area contributed by atoms with Crippen LogP contribution < -0.4 is 0 Å². The molecule has 0 aromatic rings. The predicted octanol–water partition coefficient (Wildman–Crippen LogP) is 3.83. The van der Waals surface area contributed by atoms with Gasteiger partial charge in [0.2, 0.25) is 0 Å². The van der Waals surface area contributed by atoms with E-state index in [9.17, 15) is 14.7 Å². The minimum Gasteiger partial charge on any atom is -0.481 e. The Morgan fingerprint density at radius 2 is 1.24 bits per heavy atom. The largest absolute Gasteiger partial charge is 0.481 e. The molecule has 0 radical (unpaired) electrons. The summed E-state index contributed by atoms with van der Waals surface area (Å²) < 4.78 is 0. The van der Waals surface area contributed by atoms with Crippen LogP contribution in [0.25, 0.3) is 0 Å². The fraction of sp³-hybridized carbons (Fsp3) is 0.875. The van der Waals surface area contributed by atoms with Gasteiger partial charge in [0.25, 0.3) is 0 Å². The quantitative estimate of drug-likeness (QED) is 0.504. The van der Waals surface area contributed by atoms with E-state index in [4.69, 9.17) is 10.2 Å². The third-order valence-corrected chi connectivity index (χ3v) is 3.19. The lowest BCUT2D eigenvalue weighted by atomic mass is 9.92. The molecular weight excluding hydrogens is 272 g/mol. The highest BCUT2D eigenvalue weighted by Gasteiger charge is 2.18. The molecule has 0 aliphatic carbocycles. The zero-order valence-corrected chi connectivity index (χ0v) is 13.7. The Hall–Kier alpha value is -1.10. The zero-order valence-electron chi connectivity index (χ0n) is 13.7. The molecule has 21 heavy (non-hydrogen) atoms. The summed E-state index contributed by atoms with van der Waals surface area (Å²) in [5.41, 5.74) is -0.399. The van der Waals surface area contributed by atoms with Gasteiger partial charge in [-0.3, -0.25) is 9.59 Å². The number of unbranched alkanes of at least 4 members (excludes halogenated alkanes) is 4. The fourth-order valence-electron chi connectivity index (χ4n) is 1.83. The van der Waals surface area contributed by atoms with Gasteiger partial charge in [0.15, 0.2) is 0 Å². The molecule has 0 bridgehead atoms. The summed E-state index contributed by atoms with van der Waals surface area (Å²) in [5, 5.41) is 25.7. The first kappa shape index (κ1) is 22.2. The van der Waals surface area contributed by atoms with E-state index in [1.165, 1.54) is 32.1 Å². The van der Waals surface area contributed by atoms with Crippen LogP contribution in [-0.2, 0) is 9.59 Å². The molecule has 0 fully saturated rings. The van der Waals surface area contributed by atoms with E-state index in [1.807, 2.05) is 6.92 Å². The van der Waals surface area contributed by atoms with Crippen molar-refractivity contribution >= 4 is 11.9 Å². The van der Waals surface area contributed by atoms with Crippen molar-refractivity contribution < 1.29 is 24.9 Å². The van der Waals surface area contributed by atoms with Gasteiger partial charge in [-0.15, -0.1) is 0 Å². The number of carboxylic acids is 2. The summed E-state index contributed by atoms with van der Waals surface area (Å²) in [4.78, 5) is 19.3. The number of aliphatic hydroxyl groups is 1. The van der Waals surface area contributed by atoms with E-state index in [2.05, 4.69) is 13.8 Å². The molecule has 3 N–H and O–H groups in total. The van der Waals surface area contributed by atoms with Crippen molar-refractivity contribution in [1.29, 1.82) is 0 Å². The fourth-order valence-corrected chi connectivity index (χ4v) is 1.83. The molecule has 0 aliphatic heterocycles. The van der Waals surface area contributed by atoms with Crippen LogP contribution in [0.2, 0.25) is 0 Å². The molecule has 1 unspecified atom stereocenters. The Morgan fingerprint density at radius 1 is 0.810 bits per heavy atom. The normalized spacial score (nSPS) is 13.0. The lowest BCUT2D eigenvalue weighted by Gasteiger charge is -2.22. The first-order valence-corrected chi connectivity index (χ1v) is 7.91. The van der Waals surface area contributed by atoms with Gasteiger partial charge in [-0.1, -0.05) is 52.4 Å². The third kappa shape index (κ3) is 21.4. The number of hydrogen-bond donors (Lipinski definition) is 3. The summed E-state index contributed by atoms with van der Waals surface area (Å²) in [5.74, 6) is -2.15. The topological polar surface area (TPSA) is 94.8 Å². The zero-order chi connectivity index (χ0) is 16.7. The molecule has 0 heterocycles. The number of hydrogen-bond acceptors (Lipinski definition) is 3. The van der Waals surface area contributed by atoms with E-state index in [0.29, 0.717) is 0 Å². The maximum atomic E-state index is 9.94. The maximum absolute atomic E-state index is 9.94. The minimum atomic E-state index is -1.08. The van der Waals surface area contributed by atoms with Crippen LogP contribution in [0.15, 0.2) is 0 Å². The highest BCUT2D eigenvalue weighted by atomic mass is 16.4. The van der Waals surface area contributed by atoms with Crippen molar-refractivity contribution in [2.24, 2.45) is 0 Å². The van der Waals surface area contributed by atoms with Gasteiger partial charge in [0, 0.05) is 0 Å². The van der Waals surface area contributed by atoms with Gasteiger partial charge >= 0.3 is 11.9 Å². The van der Waals surface area contributed by atoms with Gasteiger partial charge in [-0.25, -0.2) is 0 Å². The van der Waals surface area contributed by atoms with Gasteiger partial charge < -0.3 is 15.3 Å². The van der Waals surface area contributed by atoms with E-state index in [1.54, 1.807) is 0 Å². The van der Waals surface area contributed by atoms with E-state index >= 15 is 0 Å². The van der Waals surface area contributed by atoms with Crippen molar-refractivity contribution in [1.82, 2.24) is 0 Å². The van der Waals surface area contributed by atoms with E-state index < -0.39 is 17.5 Å². The van der Waals surface area contributed by atoms with Crippen molar-refractivity contribution in [3.8, 4) is 0 Å². The summed E-state index contributed by atoms with van der Waals surface area (Å²) in [6, 6.07) is 0. The lowest BCUT2D eigenvalue weighted by Crippen LogP contribution is -2.23. The van der Waals surface area contributed by atoms with Gasteiger partial charge in [0.1, 0.15) is 0 Å². The number of rotatable bonds is 11. The van der Waals surface area contributed by atoms with Crippen molar-refractivity contribution in [3.63, 3.8) is 0 Å². The Morgan fingerprint density at radius 3 is 1.62 bits per heavy atom. The molecule has 0 rings (SSSR count).